The van der Waals surface area contributed by atoms with Crippen molar-refractivity contribution < 1.29 is 19.1 Å². The first-order valence-corrected chi connectivity index (χ1v) is 8.72. The second kappa shape index (κ2) is 8.90. The number of carbonyl (C=O) groups excluding carboxylic acids is 2. The number of methoxy groups -OCH3 is 1. The van der Waals surface area contributed by atoms with Crippen LogP contribution in [0.25, 0.3) is 11.1 Å². The van der Waals surface area contributed by atoms with Gasteiger partial charge in [-0.1, -0.05) is 6.07 Å². The van der Waals surface area contributed by atoms with Crippen LogP contribution in [0.1, 0.15) is 40.0 Å². The predicted octanol–water partition coefficient (Wildman–Crippen LogP) is 3.47. The summed E-state index contributed by atoms with van der Waals surface area (Å²) in [5, 5.41) is 3.31. The molecular weight excluding hydrogens is 403 g/mol. The fraction of sp³-hybridized carbons (Fsp3) is 0.350. The van der Waals surface area contributed by atoms with Crippen molar-refractivity contribution in [2.75, 3.05) is 20.2 Å². The van der Waals surface area contributed by atoms with Crippen LogP contribution >= 0.6 is 24.8 Å². The molecule has 0 unspecified atom stereocenters. The minimum Gasteiger partial charge on any atom is -0.486 e. The van der Waals surface area contributed by atoms with E-state index in [4.69, 9.17) is 9.47 Å². The molecule has 2 aromatic rings. The number of ether oxygens (including phenoxy) is 2. The van der Waals surface area contributed by atoms with Gasteiger partial charge in [-0.15, -0.1) is 24.8 Å². The average molecular weight is 425 g/mol. The highest BCUT2D eigenvalue weighted by Gasteiger charge is 2.41. The number of hydrogen-bond acceptors (Lipinski definition) is 6. The molecule has 28 heavy (non-hydrogen) atoms. The van der Waals surface area contributed by atoms with Crippen molar-refractivity contribution in [3.8, 4) is 16.9 Å². The van der Waals surface area contributed by atoms with E-state index in [1.165, 1.54) is 13.3 Å². The predicted molar refractivity (Wildman–Crippen MR) is 110 cm³/mol. The Morgan fingerprint density at radius 3 is 2.64 bits per heavy atom. The van der Waals surface area contributed by atoms with Crippen molar-refractivity contribution >= 4 is 36.6 Å². The van der Waals surface area contributed by atoms with Gasteiger partial charge in [-0.25, -0.2) is 4.79 Å². The zero-order valence-electron chi connectivity index (χ0n) is 15.4. The molecule has 0 bridgehead atoms. The molecule has 4 rings (SSSR count). The number of piperidine rings is 1. The molecular formula is C20H22Cl2N2O4. The number of nitrogens with zero attached hydrogens (tertiary/aromatic N) is 1. The molecule has 0 amide bonds. The quantitative estimate of drug-likeness (QED) is 0.743. The highest BCUT2D eigenvalue weighted by molar-refractivity contribution is 6.03. The van der Waals surface area contributed by atoms with Crippen molar-refractivity contribution in [1.29, 1.82) is 0 Å². The average Bonchev–Trinajstić information content (AvgIpc) is 2.68. The normalized spacial score (nSPS) is 16.8. The van der Waals surface area contributed by atoms with Gasteiger partial charge in [0.15, 0.2) is 5.78 Å². The molecule has 150 valence electrons. The second-order valence-corrected chi connectivity index (χ2v) is 6.76. The molecule has 2 aliphatic rings. The smallest absolute Gasteiger partial charge is 0.340 e. The van der Waals surface area contributed by atoms with Gasteiger partial charge in [-0.05, 0) is 42.4 Å². The summed E-state index contributed by atoms with van der Waals surface area (Å²) in [6.07, 6.45) is 5.14. The van der Waals surface area contributed by atoms with Crippen molar-refractivity contribution in [2.45, 2.75) is 24.9 Å². The molecule has 2 aliphatic heterocycles. The highest BCUT2D eigenvalue weighted by Crippen LogP contribution is 2.40. The van der Waals surface area contributed by atoms with Crippen LogP contribution in [-0.4, -0.2) is 42.5 Å². The number of fused-ring (bicyclic) bond motifs is 1. The van der Waals surface area contributed by atoms with E-state index in [9.17, 15) is 9.59 Å². The van der Waals surface area contributed by atoms with Crippen LogP contribution in [-0.2, 0) is 4.74 Å². The van der Waals surface area contributed by atoms with Crippen molar-refractivity contribution in [2.24, 2.45) is 0 Å². The fourth-order valence-corrected chi connectivity index (χ4v) is 3.74. The molecule has 6 nitrogen and oxygen atoms in total. The van der Waals surface area contributed by atoms with Crippen LogP contribution in [0.3, 0.4) is 0 Å². The summed E-state index contributed by atoms with van der Waals surface area (Å²) >= 11 is 0. The molecule has 0 saturated carbocycles. The summed E-state index contributed by atoms with van der Waals surface area (Å²) in [7, 11) is 1.34. The van der Waals surface area contributed by atoms with Gasteiger partial charge < -0.3 is 14.8 Å². The van der Waals surface area contributed by atoms with Gasteiger partial charge >= 0.3 is 5.97 Å². The lowest BCUT2D eigenvalue weighted by Crippen LogP contribution is -2.49. The molecule has 1 fully saturated rings. The SMILES string of the molecule is COC(=O)c1cnccc1-c1ccc2c(c1)C(=O)CC1(CCNCC1)O2.Cl.Cl. The summed E-state index contributed by atoms with van der Waals surface area (Å²) < 4.78 is 11.1. The van der Waals surface area contributed by atoms with E-state index >= 15 is 0 Å². The molecule has 1 saturated heterocycles. The van der Waals surface area contributed by atoms with E-state index in [1.54, 1.807) is 18.3 Å². The molecule has 8 heteroatoms. The Labute approximate surface area is 175 Å². The first-order valence-electron chi connectivity index (χ1n) is 8.72. The maximum Gasteiger partial charge on any atom is 0.340 e. The number of aromatic nitrogens is 1. The van der Waals surface area contributed by atoms with Gasteiger partial charge in [0.2, 0.25) is 0 Å². The van der Waals surface area contributed by atoms with Gasteiger partial charge in [0.1, 0.15) is 11.4 Å². The maximum atomic E-state index is 12.8. The number of pyridine rings is 1. The van der Waals surface area contributed by atoms with Crippen LogP contribution in [0, 0.1) is 0 Å². The highest BCUT2D eigenvalue weighted by atomic mass is 35.5. The van der Waals surface area contributed by atoms with Crippen LogP contribution in [0.2, 0.25) is 0 Å². The van der Waals surface area contributed by atoms with E-state index in [-0.39, 0.29) is 36.2 Å². The summed E-state index contributed by atoms with van der Waals surface area (Å²) in [5.41, 5.74) is 2.01. The van der Waals surface area contributed by atoms with Crippen LogP contribution in [0.15, 0.2) is 36.7 Å². The molecule has 0 aliphatic carbocycles. The Kier molecular flexibility index (Phi) is 7.04. The molecule has 1 N–H and O–H groups in total. The van der Waals surface area contributed by atoms with Gasteiger partial charge in [-0.2, -0.15) is 0 Å². The van der Waals surface area contributed by atoms with E-state index < -0.39 is 5.97 Å². The third-order valence-electron chi connectivity index (χ3n) is 5.14. The first-order chi connectivity index (χ1) is 12.6. The van der Waals surface area contributed by atoms with Gasteiger partial charge in [-0.3, -0.25) is 9.78 Å². The van der Waals surface area contributed by atoms with Gasteiger partial charge in [0.05, 0.1) is 24.7 Å². The number of esters is 1. The first kappa shape index (κ1) is 22.1. The third-order valence-corrected chi connectivity index (χ3v) is 5.14. The van der Waals surface area contributed by atoms with Crippen molar-refractivity contribution in [3.05, 3.63) is 47.8 Å². The number of rotatable bonds is 2. The lowest BCUT2D eigenvalue weighted by atomic mass is 9.82. The summed E-state index contributed by atoms with van der Waals surface area (Å²) in [4.78, 5) is 28.8. The van der Waals surface area contributed by atoms with Crippen molar-refractivity contribution in [1.82, 2.24) is 10.3 Å². The summed E-state index contributed by atoms with van der Waals surface area (Å²) in [6, 6.07) is 7.24. The Hall–Kier alpha value is -2.15. The minimum absolute atomic E-state index is 0. The van der Waals surface area contributed by atoms with Crippen LogP contribution < -0.4 is 10.1 Å². The largest absolute Gasteiger partial charge is 0.486 e. The Morgan fingerprint density at radius 2 is 1.93 bits per heavy atom. The van der Waals surface area contributed by atoms with Crippen molar-refractivity contribution in [3.63, 3.8) is 0 Å². The lowest BCUT2D eigenvalue weighted by molar-refractivity contribution is 0.0187. The number of Topliss-reactive ketones (excluding diaryl/α,β-unsaturated/α-hetero) is 1. The molecule has 1 aromatic carbocycles. The van der Waals surface area contributed by atoms with Gasteiger partial charge in [0, 0.05) is 25.2 Å². The molecule has 0 atom stereocenters. The summed E-state index contributed by atoms with van der Waals surface area (Å²) in [5.74, 6) is 0.256. The topological polar surface area (TPSA) is 77.5 Å². The Morgan fingerprint density at radius 1 is 1.18 bits per heavy atom. The zero-order valence-corrected chi connectivity index (χ0v) is 17.0. The zero-order chi connectivity index (χ0) is 18.1. The number of hydrogen-bond donors (Lipinski definition) is 1. The van der Waals surface area contributed by atoms with Crippen LogP contribution in [0.4, 0.5) is 0 Å². The maximum absolute atomic E-state index is 12.8. The minimum atomic E-state index is -0.456. The molecule has 1 aromatic heterocycles. The van der Waals surface area contributed by atoms with E-state index in [2.05, 4.69) is 10.3 Å². The molecule has 3 heterocycles. The fourth-order valence-electron chi connectivity index (χ4n) is 3.74. The second-order valence-electron chi connectivity index (χ2n) is 6.76. The molecule has 1 spiro atoms. The molecule has 0 radical (unpaired) electrons. The number of benzene rings is 1. The number of halogens is 2. The lowest BCUT2D eigenvalue weighted by Gasteiger charge is -2.41. The Balaban J connectivity index is 0.00000140. The summed E-state index contributed by atoms with van der Waals surface area (Å²) in [6.45, 7) is 1.72. The Bertz CT molecular complexity index is 882. The standard InChI is InChI=1S/C20H20N2O4.2ClH/c1-25-19(24)16-12-22-7-4-14(16)13-2-3-18-15(10-13)17(23)11-20(26-18)5-8-21-9-6-20;;/h2-4,7,10,12,21H,5-6,8-9,11H2,1H3;2*1H. The number of nitrogens with one attached hydrogen (secondary N) is 1. The van der Waals surface area contributed by atoms with E-state index in [0.717, 1.165) is 31.5 Å². The number of carbonyl (C=O) groups is 2. The monoisotopic (exact) mass is 424 g/mol. The number of ketones is 1. The van der Waals surface area contributed by atoms with E-state index in [0.29, 0.717) is 28.9 Å². The van der Waals surface area contributed by atoms with Gasteiger partial charge in [0.25, 0.3) is 0 Å². The van der Waals surface area contributed by atoms with E-state index in [1.807, 2.05) is 12.1 Å². The third kappa shape index (κ3) is 3.99. The van der Waals surface area contributed by atoms with Crippen LogP contribution in [0.5, 0.6) is 5.75 Å².